The summed E-state index contributed by atoms with van der Waals surface area (Å²) in [5.41, 5.74) is 10.6. The first-order valence-electron chi connectivity index (χ1n) is 5.74. The molecule has 0 aliphatic carbocycles. The molecule has 2 heterocycles. The number of nitrogens with zero attached hydrogens (tertiary/aromatic N) is 3. The van der Waals surface area contributed by atoms with Crippen molar-refractivity contribution in [3.8, 4) is 6.07 Å². The van der Waals surface area contributed by atoms with Crippen LogP contribution in [0.5, 0.6) is 0 Å². The SMILES string of the molecule is N#Cc1cc(N2Cc3ccc(N)cc3C2)ccn1. The van der Waals surface area contributed by atoms with E-state index in [4.69, 9.17) is 11.0 Å². The van der Waals surface area contributed by atoms with E-state index >= 15 is 0 Å². The van der Waals surface area contributed by atoms with Crippen LogP contribution in [-0.2, 0) is 13.1 Å². The molecule has 4 nitrogen and oxygen atoms in total. The van der Waals surface area contributed by atoms with E-state index in [-0.39, 0.29) is 0 Å². The molecule has 18 heavy (non-hydrogen) atoms. The summed E-state index contributed by atoms with van der Waals surface area (Å²) in [6, 6.07) is 11.8. The third-order valence-corrected chi connectivity index (χ3v) is 3.18. The zero-order valence-electron chi connectivity index (χ0n) is 9.80. The third kappa shape index (κ3) is 1.76. The van der Waals surface area contributed by atoms with Gasteiger partial charge >= 0.3 is 0 Å². The van der Waals surface area contributed by atoms with Crippen LogP contribution in [0.4, 0.5) is 11.4 Å². The molecule has 88 valence electrons. The average Bonchev–Trinajstić information content (AvgIpc) is 2.81. The Bertz CT molecular complexity index is 642. The van der Waals surface area contributed by atoms with Crippen LogP contribution in [-0.4, -0.2) is 4.98 Å². The fraction of sp³-hybridized carbons (Fsp3) is 0.143. The minimum Gasteiger partial charge on any atom is -0.399 e. The summed E-state index contributed by atoms with van der Waals surface area (Å²) in [5, 5.41) is 8.87. The van der Waals surface area contributed by atoms with Gasteiger partial charge in [-0.15, -0.1) is 0 Å². The molecule has 0 atom stereocenters. The molecule has 0 saturated carbocycles. The van der Waals surface area contributed by atoms with Gasteiger partial charge in [0.1, 0.15) is 11.8 Å². The van der Waals surface area contributed by atoms with Crippen LogP contribution in [0.2, 0.25) is 0 Å². The van der Waals surface area contributed by atoms with Gasteiger partial charge in [0.15, 0.2) is 0 Å². The summed E-state index contributed by atoms with van der Waals surface area (Å²) in [5.74, 6) is 0. The molecule has 1 aliphatic heterocycles. The normalized spacial score (nSPS) is 13.2. The van der Waals surface area contributed by atoms with Crippen molar-refractivity contribution in [2.24, 2.45) is 0 Å². The Morgan fingerprint density at radius 2 is 2.00 bits per heavy atom. The molecule has 0 spiro atoms. The predicted octanol–water partition coefficient (Wildman–Crippen LogP) is 2.06. The Morgan fingerprint density at radius 3 is 2.83 bits per heavy atom. The van der Waals surface area contributed by atoms with Crippen molar-refractivity contribution in [1.82, 2.24) is 4.98 Å². The van der Waals surface area contributed by atoms with Crippen LogP contribution in [0.25, 0.3) is 0 Å². The fourth-order valence-corrected chi connectivity index (χ4v) is 2.27. The Morgan fingerprint density at radius 1 is 1.17 bits per heavy atom. The van der Waals surface area contributed by atoms with Crippen LogP contribution < -0.4 is 10.6 Å². The summed E-state index contributed by atoms with van der Waals surface area (Å²) in [6.07, 6.45) is 1.67. The van der Waals surface area contributed by atoms with E-state index in [0.29, 0.717) is 5.69 Å². The van der Waals surface area contributed by atoms with Crippen molar-refractivity contribution < 1.29 is 0 Å². The second-order valence-corrected chi connectivity index (χ2v) is 4.40. The maximum absolute atomic E-state index is 8.87. The quantitative estimate of drug-likeness (QED) is 0.769. The summed E-state index contributed by atoms with van der Waals surface area (Å²) in [6.45, 7) is 1.68. The van der Waals surface area contributed by atoms with Gasteiger partial charge in [-0.2, -0.15) is 5.26 Å². The first-order valence-corrected chi connectivity index (χ1v) is 5.74. The van der Waals surface area contributed by atoms with Gasteiger partial charge in [-0.1, -0.05) is 6.07 Å². The summed E-state index contributed by atoms with van der Waals surface area (Å²) in [7, 11) is 0. The zero-order valence-corrected chi connectivity index (χ0v) is 9.80. The Balaban J connectivity index is 1.91. The van der Waals surface area contributed by atoms with Gasteiger partial charge in [-0.3, -0.25) is 0 Å². The van der Waals surface area contributed by atoms with Crippen molar-refractivity contribution in [1.29, 1.82) is 5.26 Å². The minimum absolute atomic E-state index is 0.447. The molecule has 4 heteroatoms. The molecule has 1 aliphatic rings. The third-order valence-electron chi connectivity index (χ3n) is 3.18. The van der Waals surface area contributed by atoms with E-state index in [2.05, 4.69) is 22.0 Å². The van der Waals surface area contributed by atoms with Gasteiger partial charge in [-0.05, 0) is 35.4 Å². The van der Waals surface area contributed by atoms with Gasteiger partial charge < -0.3 is 10.6 Å². The molecule has 0 saturated heterocycles. The smallest absolute Gasteiger partial charge is 0.142 e. The number of nitriles is 1. The molecular formula is C14H12N4. The van der Waals surface area contributed by atoms with Crippen LogP contribution in [0.1, 0.15) is 16.8 Å². The predicted molar refractivity (Wildman–Crippen MR) is 69.7 cm³/mol. The van der Waals surface area contributed by atoms with Gasteiger partial charge in [0.25, 0.3) is 0 Å². The number of nitrogens with two attached hydrogens (primary N) is 1. The van der Waals surface area contributed by atoms with Crippen LogP contribution in [0, 0.1) is 11.3 Å². The summed E-state index contributed by atoms with van der Waals surface area (Å²) < 4.78 is 0. The standard InChI is InChI=1S/C14H12N4/c15-7-13-6-14(3-4-17-13)18-8-10-1-2-12(16)5-11(10)9-18/h1-6H,8-9,16H2. The summed E-state index contributed by atoms with van der Waals surface area (Å²) >= 11 is 0. The Kier molecular flexibility index (Phi) is 2.38. The minimum atomic E-state index is 0.447. The molecule has 3 rings (SSSR count). The number of hydrogen-bond acceptors (Lipinski definition) is 4. The highest BCUT2D eigenvalue weighted by atomic mass is 15.1. The average molecular weight is 236 g/mol. The van der Waals surface area contributed by atoms with Crippen LogP contribution >= 0.6 is 0 Å². The van der Waals surface area contributed by atoms with E-state index < -0.39 is 0 Å². The van der Waals surface area contributed by atoms with Gasteiger partial charge in [0.05, 0.1) is 0 Å². The molecular weight excluding hydrogens is 224 g/mol. The highest BCUT2D eigenvalue weighted by Crippen LogP contribution is 2.29. The van der Waals surface area contributed by atoms with Gasteiger partial charge in [-0.25, -0.2) is 4.98 Å². The molecule has 0 amide bonds. The number of hydrogen-bond donors (Lipinski definition) is 1. The zero-order chi connectivity index (χ0) is 12.5. The topological polar surface area (TPSA) is 65.9 Å². The van der Waals surface area contributed by atoms with Gasteiger partial charge in [0, 0.05) is 30.7 Å². The van der Waals surface area contributed by atoms with Crippen molar-refractivity contribution in [2.75, 3.05) is 10.6 Å². The van der Waals surface area contributed by atoms with Crippen molar-refractivity contribution >= 4 is 11.4 Å². The fourth-order valence-electron chi connectivity index (χ4n) is 2.27. The molecule has 2 N–H and O–H groups in total. The number of fused-ring (bicyclic) bond motifs is 1. The second-order valence-electron chi connectivity index (χ2n) is 4.40. The lowest BCUT2D eigenvalue weighted by atomic mass is 10.1. The molecule has 0 unspecified atom stereocenters. The molecule has 0 fully saturated rings. The lowest BCUT2D eigenvalue weighted by Gasteiger charge is -2.17. The summed E-state index contributed by atoms with van der Waals surface area (Å²) in [4.78, 5) is 6.20. The first-order chi connectivity index (χ1) is 8.76. The number of nitrogen functional groups attached to an aromatic ring is 1. The first kappa shape index (κ1) is 10.6. The molecule has 1 aromatic carbocycles. The van der Waals surface area contributed by atoms with Crippen molar-refractivity contribution in [3.63, 3.8) is 0 Å². The Labute approximate surface area is 105 Å². The highest BCUT2D eigenvalue weighted by Gasteiger charge is 2.19. The number of aromatic nitrogens is 1. The van der Waals surface area contributed by atoms with E-state index in [1.165, 1.54) is 11.1 Å². The lowest BCUT2D eigenvalue weighted by Crippen LogP contribution is -2.14. The number of pyridine rings is 1. The molecule has 1 aromatic heterocycles. The van der Waals surface area contributed by atoms with E-state index in [0.717, 1.165) is 24.5 Å². The lowest BCUT2D eigenvalue weighted by molar-refractivity contribution is 0.878. The second kappa shape index (κ2) is 4.04. The largest absolute Gasteiger partial charge is 0.399 e. The maximum atomic E-state index is 8.87. The number of benzene rings is 1. The van der Waals surface area contributed by atoms with Crippen LogP contribution in [0.15, 0.2) is 36.5 Å². The maximum Gasteiger partial charge on any atom is 0.142 e. The van der Waals surface area contributed by atoms with E-state index in [1.807, 2.05) is 24.3 Å². The highest BCUT2D eigenvalue weighted by molar-refractivity contribution is 5.56. The molecule has 0 bridgehead atoms. The van der Waals surface area contributed by atoms with E-state index in [9.17, 15) is 0 Å². The molecule has 2 aromatic rings. The number of rotatable bonds is 1. The number of anilines is 2. The van der Waals surface area contributed by atoms with Crippen molar-refractivity contribution in [2.45, 2.75) is 13.1 Å². The van der Waals surface area contributed by atoms with Crippen molar-refractivity contribution in [3.05, 3.63) is 53.3 Å². The Hall–Kier alpha value is -2.54. The molecule has 0 radical (unpaired) electrons. The van der Waals surface area contributed by atoms with Gasteiger partial charge in [0.2, 0.25) is 0 Å². The van der Waals surface area contributed by atoms with Crippen LogP contribution in [0.3, 0.4) is 0 Å². The monoisotopic (exact) mass is 236 g/mol. The van der Waals surface area contributed by atoms with E-state index in [1.54, 1.807) is 6.20 Å².